The summed E-state index contributed by atoms with van der Waals surface area (Å²) in [4.78, 5) is 12.0. The topological polar surface area (TPSA) is 18.8 Å². The summed E-state index contributed by atoms with van der Waals surface area (Å²) in [5.41, 5.74) is 1.29. The molecule has 1 aromatic rings. The van der Waals surface area contributed by atoms with Crippen LogP contribution in [0.3, 0.4) is 0 Å². The minimum atomic E-state index is -0.0797. The molecule has 1 aromatic carbocycles. The van der Waals surface area contributed by atoms with Crippen LogP contribution in [0.5, 0.6) is 0 Å². The maximum Gasteiger partial charge on any atom is 0.127 e. The highest BCUT2D eigenvalue weighted by Crippen LogP contribution is 2.58. The molecule has 4 heteroatoms. The Morgan fingerprint density at radius 3 is 2.03 bits per heavy atom. The first-order chi connectivity index (χ1) is 15.0. The minimum absolute atomic E-state index is 0.0797. The van der Waals surface area contributed by atoms with Gasteiger partial charge in [-0.2, -0.15) is 0 Å². The quantitative estimate of drug-likeness (QED) is 0.536. The van der Waals surface area contributed by atoms with Gasteiger partial charge in [-0.1, -0.05) is 50.7 Å². The van der Waals surface area contributed by atoms with Crippen LogP contribution < -0.4 is 4.90 Å². The molecule has 2 aliphatic heterocycles. The molecular formula is C27H37N3S. The lowest BCUT2D eigenvalue weighted by molar-refractivity contribution is 0.00114. The molecule has 4 aliphatic carbocycles. The van der Waals surface area contributed by atoms with E-state index in [9.17, 15) is 0 Å². The predicted molar refractivity (Wildman–Crippen MR) is 133 cm³/mol. The highest BCUT2D eigenvalue weighted by atomic mass is 32.1. The van der Waals surface area contributed by atoms with Crippen LogP contribution in [-0.4, -0.2) is 40.4 Å². The van der Waals surface area contributed by atoms with E-state index in [1.165, 1.54) is 82.4 Å². The van der Waals surface area contributed by atoms with Crippen molar-refractivity contribution in [2.45, 2.75) is 83.2 Å². The minimum Gasteiger partial charge on any atom is -0.293 e. The molecule has 4 saturated carbocycles. The van der Waals surface area contributed by atoms with Gasteiger partial charge in [0.15, 0.2) is 0 Å². The average Bonchev–Trinajstić information content (AvgIpc) is 2.93. The van der Waals surface area contributed by atoms with Crippen LogP contribution >= 0.6 is 12.2 Å². The number of thiocarbonyl (C=S) groups is 1. The largest absolute Gasteiger partial charge is 0.293 e. The number of nitrogens with zero attached hydrogens (tertiary/aromatic N) is 3. The maximum atomic E-state index is 6.21. The number of hydrogen-bond acceptors (Lipinski definition) is 3. The second-order valence-electron chi connectivity index (χ2n) is 11.8. The molecule has 0 radical (unpaired) electrons. The third-order valence-corrected chi connectivity index (χ3v) is 9.75. The Hall–Kier alpha value is -1.26. The van der Waals surface area contributed by atoms with Gasteiger partial charge in [0.1, 0.15) is 5.84 Å². The van der Waals surface area contributed by atoms with Crippen LogP contribution in [-0.2, 0) is 0 Å². The van der Waals surface area contributed by atoms with Gasteiger partial charge < -0.3 is 0 Å². The molecule has 2 heterocycles. The molecule has 7 rings (SSSR count). The number of piperidine rings is 1. The van der Waals surface area contributed by atoms with Gasteiger partial charge in [0.25, 0.3) is 0 Å². The molecule has 0 N–H and O–H groups in total. The molecule has 31 heavy (non-hydrogen) atoms. The lowest BCUT2D eigenvalue weighted by Crippen LogP contribution is -2.53. The van der Waals surface area contributed by atoms with Crippen molar-refractivity contribution in [2.75, 3.05) is 18.0 Å². The second-order valence-corrected chi connectivity index (χ2v) is 12.2. The molecule has 0 spiro atoms. The summed E-state index contributed by atoms with van der Waals surface area (Å²) in [5.74, 6) is 4.01. The molecular weight excluding hydrogens is 398 g/mol. The maximum absolute atomic E-state index is 6.21. The highest BCUT2D eigenvalue weighted by Gasteiger charge is 2.56. The summed E-state index contributed by atoms with van der Waals surface area (Å²) < 4.78 is 0. The van der Waals surface area contributed by atoms with Crippen LogP contribution in [0.25, 0.3) is 0 Å². The first-order valence-electron chi connectivity index (χ1n) is 12.7. The Bertz CT molecular complexity index is 848. The Morgan fingerprint density at radius 2 is 1.45 bits per heavy atom. The molecule has 0 aromatic heterocycles. The summed E-state index contributed by atoms with van der Waals surface area (Å²) in [5, 5.41) is 0. The Kier molecular flexibility index (Phi) is 4.85. The molecule has 3 nitrogen and oxygen atoms in total. The van der Waals surface area contributed by atoms with E-state index >= 15 is 0 Å². The number of para-hydroxylation sites is 1. The van der Waals surface area contributed by atoms with E-state index in [4.69, 9.17) is 17.2 Å². The van der Waals surface area contributed by atoms with Gasteiger partial charge >= 0.3 is 0 Å². The van der Waals surface area contributed by atoms with Gasteiger partial charge in [0, 0.05) is 11.1 Å². The molecule has 1 atom stereocenters. The molecule has 6 fully saturated rings. The smallest absolute Gasteiger partial charge is 0.127 e. The van der Waals surface area contributed by atoms with Gasteiger partial charge in [-0.3, -0.25) is 14.8 Å². The van der Waals surface area contributed by atoms with Crippen LogP contribution in [0.15, 0.2) is 35.3 Å². The van der Waals surface area contributed by atoms with E-state index in [-0.39, 0.29) is 11.0 Å². The zero-order valence-electron chi connectivity index (χ0n) is 19.2. The van der Waals surface area contributed by atoms with Gasteiger partial charge in [-0.15, -0.1) is 0 Å². The standard InChI is InChI=1S/C27H37N3S/c1-26(2)23(29-11-7-4-8-12-29)24(30(25(26)31)22-9-5-3-6-10-22)28-27-16-19-13-20(17-27)15-21(14-19)18-27/h3,5-6,9-10,19-21,23H,4,7-8,11-18H2,1-2H3/t19?,20?,21?,23-,27?/m1/s1. The van der Waals surface area contributed by atoms with Gasteiger partial charge in [-0.25, -0.2) is 0 Å². The fraction of sp³-hybridized carbons (Fsp3) is 0.704. The van der Waals surface area contributed by atoms with E-state index in [1.807, 2.05) is 0 Å². The summed E-state index contributed by atoms with van der Waals surface area (Å²) >= 11 is 6.21. The number of anilines is 1. The van der Waals surface area contributed by atoms with E-state index in [1.54, 1.807) is 0 Å². The SMILES string of the molecule is CC1(C)C(=S)N(c2ccccc2)C(=NC23CC4CC(CC(C4)C2)C3)[C@H]1N1CCCCC1. The third kappa shape index (κ3) is 3.31. The number of amidine groups is 1. The molecule has 166 valence electrons. The first-order valence-corrected chi connectivity index (χ1v) is 13.1. The number of likely N-dealkylation sites (tertiary alicyclic amines) is 1. The van der Waals surface area contributed by atoms with Crippen molar-refractivity contribution in [1.82, 2.24) is 4.90 Å². The summed E-state index contributed by atoms with van der Waals surface area (Å²) in [6, 6.07) is 11.1. The van der Waals surface area contributed by atoms with Gasteiger partial charge in [-0.05, 0) is 94.3 Å². The average molecular weight is 436 g/mol. The van der Waals surface area contributed by atoms with Gasteiger partial charge in [0.2, 0.25) is 0 Å². The van der Waals surface area contributed by atoms with Crippen molar-refractivity contribution < 1.29 is 0 Å². The van der Waals surface area contributed by atoms with Crippen LogP contribution in [0.1, 0.15) is 71.6 Å². The molecule has 6 aliphatic rings. The van der Waals surface area contributed by atoms with Crippen molar-refractivity contribution in [1.29, 1.82) is 0 Å². The zero-order chi connectivity index (χ0) is 21.2. The molecule has 2 saturated heterocycles. The molecule has 0 amide bonds. The normalized spacial score (nSPS) is 40.8. The number of hydrogen-bond donors (Lipinski definition) is 0. The lowest BCUT2D eigenvalue weighted by Gasteiger charge is -2.55. The van der Waals surface area contributed by atoms with Crippen molar-refractivity contribution in [3.63, 3.8) is 0 Å². The predicted octanol–water partition coefficient (Wildman–Crippen LogP) is 6.08. The van der Waals surface area contributed by atoms with Gasteiger partial charge in [0.05, 0.1) is 16.6 Å². The van der Waals surface area contributed by atoms with E-state index < -0.39 is 0 Å². The Morgan fingerprint density at radius 1 is 0.871 bits per heavy atom. The summed E-state index contributed by atoms with van der Waals surface area (Å²) in [7, 11) is 0. The van der Waals surface area contributed by atoms with Crippen molar-refractivity contribution in [2.24, 2.45) is 28.2 Å². The number of aliphatic imine (C=N–C) groups is 1. The second kappa shape index (κ2) is 7.38. The van der Waals surface area contributed by atoms with E-state index in [0.717, 1.165) is 22.7 Å². The Labute approximate surface area is 193 Å². The number of rotatable bonds is 3. The molecule has 4 bridgehead atoms. The van der Waals surface area contributed by atoms with Crippen LogP contribution in [0, 0.1) is 23.2 Å². The van der Waals surface area contributed by atoms with Crippen LogP contribution in [0.2, 0.25) is 0 Å². The van der Waals surface area contributed by atoms with E-state index in [0.29, 0.717) is 6.04 Å². The summed E-state index contributed by atoms with van der Waals surface area (Å²) in [6.07, 6.45) is 12.3. The Balaban J connectivity index is 1.47. The van der Waals surface area contributed by atoms with Crippen molar-refractivity contribution >= 4 is 28.7 Å². The summed E-state index contributed by atoms with van der Waals surface area (Å²) in [6.45, 7) is 7.10. The van der Waals surface area contributed by atoms with Crippen LogP contribution in [0.4, 0.5) is 5.69 Å². The first kappa shape index (κ1) is 20.4. The fourth-order valence-electron chi connectivity index (χ4n) is 8.13. The third-order valence-electron chi connectivity index (χ3n) is 9.04. The zero-order valence-corrected chi connectivity index (χ0v) is 20.0. The fourth-order valence-corrected chi connectivity index (χ4v) is 8.44. The van der Waals surface area contributed by atoms with Crippen molar-refractivity contribution in [3.05, 3.63) is 30.3 Å². The monoisotopic (exact) mass is 435 g/mol. The lowest BCUT2D eigenvalue weighted by atomic mass is 9.53. The highest BCUT2D eigenvalue weighted by molar-refractivity contribution is 7.80. The van der Waals surface area contributed by atoms with Crippen molar-refractivity contribution in [3.8, 4) is 0 Å². The molecule has 0 unspecified atom stereocenters. The van der Waals surface area contributed by atoms with E-state index in [2.05, 4.69) is 54.0 Å². The number of benzene rings is 1.